The summed E-state index contributed by atoms with van der Waals surface area (Å²) in [4.78, 5) is 27.6. The largest absolute Gasteiger partial charge is 0.507 e. The number of methoxy groups -OCH3 is 1. The van der Waals surface area contributed by atoms with E-state index < -0.39 is 17.7 Å². The average Bonchev–Trinajstić information content (AvgIpc) is 3.36. The molecule has 2 aromatic carbocycles. The molecule has 1 aliphatic heterocycles. The van der Waals surface area contributed by atoms with Crippen LogP contribution in [0.3, 0.4) is 0 Å². The molecule has 1 saturated heterocycles. The fourth-order valence-corrected chi connectivity index (χ4v) is 4.00. The Morgan fingerprint density at radius 1 is 1.13 bits per heavy atom. The quantitative estimate of drug-likeness (QED) is 0.345. The third-order valence-corrected chi connectivity index (χ3v) is 5.60. The molecule has 4 rings (SSSR count). The van der Waals surface area contributed by atoms with Gasteiger partial charge in [0.25, 0.3) is 11.7 Å². The number of ketones is 1. The van der Waals surface area contributed by atoms with E-state index in [1.54, 1.807) is 24.3 Å². The van der Waals surface area contributed by atoms with Crippen molar-refractivity contribution in [3.8, 4) is 5.75 Å². The van der Waals surface area contributed by atoms with E-state index in [1.165, 1.54) is 24.3 Å². The molecule has 3 aromatic rings. The van der Waals surface area contributed by atoms with Crippen LogP contribution >= 0.6 is 11.6 Å². The van der Waals surface area contributed by atoms with Crippen molar-refractivity contribution in [2.24, 2.45) is 0 Å². The standard InChI is InChI=1S/C24H20ClNO5/c1-13-6-7-14(2)17(11-13)26-21(19-5-4-10-31-19)20(23(28)24(26)29)22(27)15-8-9-18(30-3)16(25)12-15/h4-12,21,27H,1-3H3/b22-20-. The molecule has 0 saturated carbocycles. The third-order valence-electron chi connectivity index (χ3n) is 5.31. The Morgan fingerprint density at radius 2 is 1.90 bits per heavy atom. The lowest BCUT2D eigenvalue weighted by molar-refractivity contribution is -0.132. The highest BCUT2D eigenvalue weighted by Gasteiger charge is 2.48. The summed E-state index contributed by atoms with van der Waals surface area (Å²) < 4.78 is 10.7. The minimum absolute atomic E-state index is 0.0675. The van der Waals surface area contributed by atoms with Crippen molar-refractivity contribution in [2.45, 2.75) is 19.9 Å². The number of amides is 1. The van der Waals surface area contributed by atoms with E-state index >= 15 is 0 Å². The first kappa shape index (κ1) is 20.8. The first-order chi connectivity index (χ1) is 14.8. The van der Waals surface area contributed by atoms with E-state index in [9.17, 15) is 14.7 Å². The van der Waals surface area contributed by atoms with E-state index in [1.807, 2.05) is 32.0 Å². The van der Waals surface area contributed by atoms with Crippen molar-refractivity contribution in [1.29, 1.82) is 0 Å². The number of aryl methyl sites for hydroxylation is 2. The predicted molar refractivity (Wildman–Crippen MR) is 117 cm³/mol. The van der Waals surface area contributed by atoms with E-state index in [0.717, 1.165) is 11.1 Å². The number of ether oxygens (including phenoxy) is 1. The molecule has 31 heavy (non-hydrogen) atoms. The molecular formula is C24H20ClNO5. The summed E-state index contributed by atoms with van der Waals surface area (Å²) in [7, 11) is 1.48. The van der Waals surface area contributed by atoms with Gasteiger partial charge in [0.2, 0.25) is 0 Å². The number of halogens is 1. The number of carbonyl (C=O) groups is 2. The Morgan fingerprint density at radius 3 is 2.55 bits per heavy atom. The molecule has 1 unspecified atom stereocenters. The molecule has 1 amide bonds. The summed E-state index contributed by atoms with van der Waals surface area (Å²) in [5, 5.41) is 11.4. The number of aliphatic hydroxyl groups is 1. The van der Waals surface area contributed by atoms with E-state index in [0.29, 0.717) is 22.8 Å². The van der Waals surface area contributed by atoms with Crippen molar-refractivity contribution in [3.63, 3.8) is 0 Å². The fraction of sp³-hybridized carbons (Fsp3) is 0.167. The Balaban J connectivity index is 1.94. The highest BCUT2D eigenvalue weighted by molar-refractivity contribution is 6.51. The van der Waals surface area contributed by atoms with Crippen LogP contribution < -0.4 is 9.64 Å². The summed E-state index contributed by atoms with van der Waals surface area (Å²) in [5.41, 5.74) is 2.55. The molecule has 6 nitrogen and oxygen atoms in total. The number of rotatable bonds is 4. The summed E-state index contributed by atoms with van der Waals surface area (Å²) in [6.45, 7) is 3.76. The van der Waals surface area contributed by atoms with E-state index in [4.69, 9.17) is 20.8 Å². The molecule has 7 heteroatoms. The van der Waals surface area contributed by atoms with Gasteiger partial charge in [-0.2, -0.15) is 0 Å². The normalized spacial score (nSPS) is 17.9. The maximum Gasteiger partial charge on any atom is 0.300 e. The van der Waals surface area contributed by atoms with Gasteiger partial charge in [-0.25, -0.2) is 0 Å². The highest BCUT2D eigenvalue weighted by Crippen LogP contribution is 2.43. The van der Waals surface area contributed by atoms with E-state index in [2.05, 4.69) is 0 Å². The van der Waals surface area contributed by atoms with Crippen LogP contribution in [0.2, 0.25) is 5.02 Å². The highest BCUT2D eigenvalue weighted by atomic mass is 35.5. The number of carbonyl (C=O) groups excluding carboxylic acids is 2. The van der Waals surface area contributed by atoms with Crippen molar-refractivity contribution in [1.82, 2.24) is 0 Å². The molecule has 1 fully saturated rings. The molecular weight excluding hydrogens is 418 g/mol. The van der Waals surface area contributed by atoms with Crippen LogP contribution in [0.15, 0.2) is 64.8 Å². The SMILES string of the molecule is COc1ccc(/C(O)=C2/C(=O)C(=O)N(c3cc(C)ccc3C)C2c2ccco2)cc1Cl. The van der Waals surface area contributed by atoms with Crippen molar-refractivity contribution in [3.05, 3.63) is 87.8 Å². The molecule has 0 aliphatic carbocycles. The Hall–Kier alpha value is -3.51. The van der Waals surface area contributed by atoms with Crippen LogP contribution in [0.5, 0.6) is 5.75 Å². The average molecular weight is 438 g/mol. The zero-order chi connectivity index (χ0) is 22.3. The first-order valence-electron chi connectivity index (χ1n) is 9.59. The third kappa shape index (κ3) is 3.49. The van der Waals surface area contributed by atoms with Crippen LogP contribution in [0.4, 0.5) is 5.69 Å². The van der Waals surface area contributed by atoms with Gasteiger partial charge in [0.15, 0.2) is 0 Å². The van der Waals surface area contributed by atoms with Gasteiger partial charge in [-0.1, -0.05) is 23.7 Å². The zero-order valence-corrected chi connectivity index (χ0v) is 17.9. The number of nitrogens with zero attached hydrogens (tertiary/aromatic N) is 1. The molecule has 1 aliphatic rings. The molecule has 2 heterocycles. The summed E-state index contributed by atoms with van der Waals surface area (Å²) >= 11 is 6.20. The molecule has 1 atom stereocenters. The van der Waals surface area contributed by atoms with Gasteiger partial charge >= 0.3 is 0 Å². The summed E-state index contributed by atoms with van der Waals surface area (Å²) in [6, 6.07) is 12.7. The van der Waals surface area contributed by atoms with Crippen LogP contribution in [0, 0.1) is 13.8 Å². The van der Waals surface area contributed by atoms with Gasteiger partial charge in [-0.05, 0) is 61.4 Å². The van der Waals surface area contributed by atoms with Gasteiger partial charge in [0.1, 0.15) is 23.3 Å². The van der Waals surface area contributed by atoms with Crippen molar-refractivity contribution < 1.29 is 23.8 Å². The first-order valence-corrected chi connectivity index (χ1v) is 9.97. The van der Waals surface area contributed by atoms with Gasteiger partial charge in [-0.3, -0.25) is 14.5 Å². The molecule has 0 radical (unpaired) electrons. The van der Waals surface area contributed by atoms with Crippen LogP contribution in [-0.4, -0.2) is 23.9 Å². The number of furan rings is 1. The summed E-state index contributed by atoms with van der Waals surface area (Å²) in [6.07, 6.45) is 1.46. The van der Waals surface area contributed by atoms with Gasteiger partial charge < -0.3 is 14.3 Å². The number of Topliss-reactive ketones (excluding diaryl/α,β-unsaturated/α-hetero) is 1. The van der Waals surface area contributed by atoms with E-state index in [-0.39, 0.29) is 16.4 Å². The molecule has 1 N–H and O–H groups in total. The van der Waals surface area contributed by atoms with Crippen LogP contribution in [0.1, 0.15) is 28.5 Å². The lowest BCUT2D eigenvalue weighted by Crippen LogP contribution is -2.30. The lowest BCUT2D eigenvalue weighted by atomic mass is 9.98. The van der Waals surface area contributed by atoms with Crippen LogP contribution in [0.25, 0.3) is 5.76 Å². The Kier molecular flexibility index (Phi) is 5.33. The smallest absolute Gasteiger partial charge is 0.300 e. The monoisotopic (exact) mass is 437 g/mol. The maximum absolute atomic E-state index is 13.1. The molecule has 1 aromatic heterocycles. The van der Waals surface area contributed by atoms with Gasteiger partial charge in [0.05, 0.1) is 24.0 Å². The number of hydrogen-bond donors (Lipinski definition) is 1. The minimum atomic E-state index is -0.920. The molecule has 0 spiro atoms. The second kappa shape index (κ2) is 7.96. The Labute approximate surface area is 184 Å². The Bertz CT molecular complexity index is 1210. The van der Waals surface area contributed by atoms with Gasteiger partial charge in [-0.15, -0.1) is 0 Å². The fourth-order valence-electron chi connectivity index (χ4n) is 3.75. The van der Waals surface area contributed by atoms with Gasteiger partial charge in [0, 0.05) is 11.3 Å². The second-order valence-electron chi connectivity index (χ2n) is 7.32. The van der Waals surface area contributed by atoms with Crippen molar-refractivity contribution in [2.75, 3.05) is 12.0 Å². The number of hydrogen-bond acceptors (Lipinski definition) is 5. The van der Waals surface area contributed by atoms with Crippen LogP contribution in [-0.2, 0) is 9.59 Å². The zero-order valence-electron chi connectivity index (χ0n) is 17.2. The summed E-state index contributed by atoms with van der Waals surface area (Å²) in [5.74, 6) is -1.09. The lowest BCUT2D eigenvalue weighted by Gasteiger charge is -2.25. The second-order valence-corrected chi connectivity index (χ2v) is 7.73. The predicted octanol–water partition coefficient (Wildman–Crippen LogP) is 5.18. The number of benzene rings is 2. The molecule has 0 bridgehead atoms. The van der Waals surface area contributed by atoms with Crippen molar-refractivity contribution >= 4 is 34.7 Å². The maximum atomic E-state index is 13.1. The minimum Gasteiger partial charge on any atom is -0.507 e. The topological polar surface area (TPSA) is 80.0 Å². The number of aliphatic hydroxyl groups excluding tert-OH is 1. The molecule has 158 valence electrons. The number of anilines is 1.